The summed E-state index contributed by atoms with van der Waals surface area (Å²) in [5.74, 6) is 0.769. The molecule has 1 aromatic carbocycles. The number of rotatable bonds is 3. The Hall–Kier alpha value is -0.530. The predicted octanol–water partition coefficient (Wildman–Crippen LogP) is 3.90. The van der Waals surface area contributed by atoms with E-state index in [4.69, 9.17) is 11.6 Å². The standard InChI is InChI=1S/C15H22ClN/c1-12-6-7-14(9-13(12)2)11-17-8-4-3-5-15(17)10-16/h6-7,9,15H,3-5,8,10-11H2,1-2H3. The molecule has 0 aliphatic carbocycles. The Morgan fingerprint density at radius 2 is 2.06 bits per heavy atom. The summed E-state index contributed by atoms with van der Waals surface area (Å²) in [5.41, 5.74) is 4.19. The van der Waals surface area contributed by atoms with Gasteiger partial charge >= 0.3 is 0 Å². The lowest BCUT2D eigenvalue weighted by molar-refractivity contribution is 0.155. The van der Waals surface area contributed by atoms with Gasteiger partial charge in [-0.05, 0) is 49.9 Å². The molecule has 2 heteroatoms. The van der Waals surface area contributed by atoms with Crippen molar-refractivity contribution in [2.75, 3.05) is 12.4 Å². The fraction of sp³-hybridized carbons (Fsp3) is 0.600. The molecule has 1 fully saturated rings. The first-order valence-corrected chi connectivity index (χ1v) is 7.10. The van der Waals surface area contributed by atoms with Crippen LogP contribution in [0.4, 0.5) is 0 Å². The van der Waals surface area contributed by atoms with Crippen molar-refractivity contribution in [3.05, 3.63) is 34.9 Å². The largest absolute Gasteiger partial charge is 0.295 e. The van der Waals surface area contributed by atoms with E-state index in [1.54, 1.807) is 0 Å². The van der Waals surface area contributed by atoms with Gasteiger partial charge in [-0.2, -0.15) is 0 Å². The average Bonchev–Trinajstić information content (AvgIpc) is 2.34. The Balaban J connectivity index is 2.05. The number of benzene rings is 1. The van der Waals surface area contributed by atoms with Crippen molar-refractivity contribution in [1.29, 1.82) is 0 Å². The molecule has 0 saturated carbocycles. The van der Waals surface area contributed by atoms with Gasteiger partial charge in [0.2, 0.25) is 0 Å². The van der Waals surface area contributed by atoms with Gasteiger partial charge in [-0.1, -0.05) is 24.6 Å². The van der Waals surface area contributed by atoms with Gasteiger partial charge in [0.15, 0.2) is 0 Å². The predicted molar refractivity (Wildman–Crippen MR) is 74.7 cm³/mol. The van der Waals surface area contributed by atoms with Crippen LogP contribution in [0.15, 0.2) is 18.2 Å². The number of halogens is 1. The van der Waals surface area contributed by atoms with Crippen molar-refractivity contribution in [2.45, 2.75) is 45.7 Å². The summed E-state index contributed by atoms with van der Waals surface area (Å²) in [5, 5.41) is 0. The Bertz CT molecular complexity index is 375. The molecule has 1 aliphatic rings. The molecular weight excluding hydrogens is 230 g/mol. The quantitative estimate of drug-likeness (QED) is 0.737. The molecule has 17 heavy (non-hydrogen) atoms. The molecule has 1 heterocycles. The van der Waals surface area contributed by atoms with E-state index in [-0.39, 0.29) is 0 Å². The monoisotopic (exact) mass is 251 g/mol. The molecule has 0 bridgehead atoms. The van der Waals surface area contributed by atoms with E-state index in [9.17, 15) is 0 Å². The summed E-state index contributed by atoms with van der Waals surface area (Å²) in [6, 6.07) is 7.37. The summed E-state index contributed by atoms with van der Waals surface area (Å²) in [6.07, 6.45) is 3.91. The molecule has 2 rings (SSSR count). The van der Waals surface area contributed by atoms with Crippen molar-refractivity contribution in [3.63, 3.8) is 0 Å². The van der Waals surface area contributed by atoms with Crippen LogP contribution in [-0.2, 0) is 6.54 Å². The molecule has 0 N–H and O–H groups in total. The van der Waals surface area contributed by atoms with Gasteiger partial charge in [-0.15, -0.1) is 11.6 Å². The van der Waals surface area contributed by atoms with Gasteiger partial charge in [0, 0.05) is 18.5 Å². The average molecular weight is 252 g/mol. The SMILES string of the molecule is Cc1ccc(CN2CCCCC2CCl)cc1C. The molecule has 0 amide bonds. The second kappa shape index (κ2) is 5.88. The fourth-order valence-electron chi connectivity index (χ4n) is 2.58. The highest BCUT2D eigenvalue weighted by Crippen LogP contribution is 2.21. The van der Waals surface area contributed by atoms with E-state index in [2.05, 4.69) is 36.9 Å². The number of piperidine rings is 1. The van der Waals surface area contributed by atoms with E-state index in [0.717, 1.165) is 12.4 Å². The molecule has 0 aromatic heterocycles. The fourth-order valence-corrected chi connectivity index (χ4v) is 2.93. The maximum atomic E-state index is 6.06. The molecule has 1 nitrogen and oxygen atoms in total. The first-order valence-electron chi connectivity index (χ1n) is 6.57. The third-order valence-electron chi connectivity index (χ3n) is 3.88. The highest BCUT2D eigenvalue weighted by atomic mass is 35.5. The van der Waals surface area contributed by atoms with Crippen molar-refractivity contribution in [2.24, 2.45) is 0 Å². The van der Waals surface area contributed by atoms with Crippen LogP contribution in [0.2, 0.25) is 0 Å². The second-order valence-electron chi connectivity index (χ2n) is 5.19. The zero-order valence-electron chi connectivity index (χ0n) is 10.9. The van der Waals surface area contributed by atoms with Crippen molar-refractivity contribution < 1.29 is 0 Å². The van der Waals surface area contributed by atoms with Gasteiger partial charge < -0.3 is 0 Å². The van der Waals surface area contributed by atoms with Crippen molar-refractivity contribution in [1.82, 2.24) is 4.90 Å². The number of alkyl halides is 1. The molecule has 1 atom stereocenters. The van der Waals surface area contributed by atoms with E-state index in [1.165, 1.54) is 42.5 Å². The topological polar surface area (TPSA) is 3.24 Å². The molecule has 1 aliphatic heterocycles. The summed E-state index contributed by atoms with van der Waals surface area (Å²) in [4.78, 5) is 2.54. The van der Waals surface area contributed by atoms with E-state index in [0.29, 0.717) is 6.04 Å². The third kappa shape index (κ3) is 3.23. The number of nitrogens with zero attached hydrogens (tertiary/aromatic N) is 1. The molecular formula is C15H22ClN. The Morgan fingerprint density at radius 1 is 1.24 bits per heavy atom. The van der Waals surface area contributed by atoms with Gasteiger partial charge in [-0.25, -0.2) is 0 Å². The van der Waals surface area contributed by atoms with Crippen LogP contribution >= 0.6 is 11.6 Å². The van der Waals surface area contributed by atoms with Crippen LogP contribution < -0.4 is 0 Å². The molecule has 1 aromatic rings. The number of hydrogen-bond acceptors (Lipinski definition) is 1. The van der Waals surface area contributed by atoms with Crippen LogP contribution in [0.3, 0.4) is 0 Å². The zero-order valence-corrected chi connectivity index (χ0v) is 11.6. The first-order chi connectivity index (χ1) is 8.20. The first kappa shape index (κ1) is 12.9. The van der Waals surface area contributed by atoms with Gasteiger partial charge in [-0.3, -0.25) is 4.90 Å². The Labute approximate surface area is 110 Å². The number of likely N-dealkylation sites (tertiary alicyclic amines) is 1. The van der Waals surface area contributed by atoms with Crippen LogP contribution in [0, 0.1) is 13.8 Å². The van der Waals surface area contributed by atoms with Gasteiger partial charge in [0.05, 0.1) is 0 Å². The Morgan fingerprint density at radius 3 is 2.76 bits per heavy atom. The second-order valence-corrected chi connectivity index (χ2v) is 5.50. The van der Waals surface area contributed by atoms with E-state index < -0.39 is 0 Å². The van der Waals surface area contributed by atoms with Crippen LogP contribution in [-0.4, -0.2) is 23.4 Å². The minimum atomic E-state index is 0.576. The molecule has 94 valence electrons. The maximum Gasteiger partial charge on any atom is 0.0379 e. The van der Waals surface area contributed by atoms with E-state index in [1.807, 2.05) is 0 Å². The smallest absolute Gasteiger partial charge is 0.0379 e. The number of aryl methyl sites for hydroxylation is 2. The molecule has 0 radical (unpaired) electrons. The summed E-state index contributed by atoms with van der Waals surface area (Å²) in [7, 11) is 0. The van der Waals surface area contributed by atoms with Gasteiger partial charge in [0.1, 0.15) is 0 Å². The van der Waals surface area contributed by atoms with Crippen molar-refractivity contribution >= 4 is 11.6 Å². The summed E-state index contributed by atoms with van der Waals surface area (Å²) < 4.78 is 0. The highest BCUT2D eigenvalue weighted by molar-refractivity contribution is 6.18. The summed E-state index contributed by atoms with van der Waals surface area (Å²) in [6.45, 7) is 6.61. The zero-order chi connectivity index (χ0) is 12.3. The normalized spacial score (nSPS) is 21.7. The van der Waals surface area contributed by atoms with Crippen molar-refractivity contribution in [3.8, 4) is 0 Å². The van der Waals surface area contributed by atoms with Crippen LogP contribution in [0.1, 0.15) is 36.0 Å². The van der Waals surface area contributed by atoms with Crippen LogP contribution in [0.5, 0.6) is 0 Å². The lowest BCUT2D eigenvalue weighted by Gasteiger charge is -2.34. The lowest BCUT2D eigenvalue weighted by Crippen LogP contribution is -2.40. The maximum absolute atomic E-state index is 6.06. The molecule has 1 saturated heterocycles. The van der Waals surface area contributed by atoms with Crippen LogP contribution in [0.25, 0.3) is 0 Å². The number of hydrogen-bond donors (Lipinski definition) is 0. The lowest BCUT2D eigenvalue weighted by atomic mass is 10.0. The Kier molecular flexibility index (Phi) is 4.47. The molecule has 1 unspecified atom stereocenters. The minimum Gasteiger partial charge on any atom is -0.295 e. The minimum absolute atomic E-state index is 0.576. The van der Waals surface area contributed by atoms with E-state index >= 15 is 0 Å². The molecule has 0 spiro atoms. The summed E-state index contributed by atoms with van der Waals surface area (Å²) >= 11 is 6.06. The third-order valence-corrected chi connectivity index (χ3v) is 4.24. The van der Waals surface area contributed by atoms with Gasteiger partial charge in [0.25, 0.3) is 0 Å². The highest BCUT2D eigenvalue weighted by Gasteiger charge is 2.21.